The van der Waals surface area contributed by atoms with Crippen LogP contribution in [-0.4, -0.2) is 19.8 Å². The van der Waals surface area contributed by atoms with E-state index in [9.17, 15) is 9.59 Å². The highest BCUT2D eigenvalue weighted by atomic mass is 28.3. The van der Waals surface area contributed by atoms with E-state index in [1.54, 1.807) is 0 Å². The molecule has 0 N–H and O–H groups in total. The van der Waals surface area contributed by atoms with Crippen LogP contribution >= 0.6 is 0 Å². The van der Waals surface area contributed by atoms with Gasteiger partial charge in [-0.25, -0.2) is 0 Å². The lowest BCUT2D eigenvalue weighted by Gasteiger charge is -2.19. The topological polar surface area (TPSA) is 34.1 Å². The Hall–Kier alpha value is -0.443. The standard InChI is InChI=1S/C11H22O2Si/c1-4-5-10-14(2,3)11(13)8-6-7-9-12/h9H,4-8,10H2,1-3H3. The fraction of sp³-hybridized carbons (Fsp3) is 0.818. The van der Waals surface area contributed by atoms with Crippen LogP contribution in [0.4, 0.5) is 0 Å². The molecule has 0 unspecified atom stereocenters. The van der Waals surface area contributed by atoms with E-state index in [0.717, 1.165) is 25.2 Å². The van der Waals surface area contributed by atoms with Crippen LogP contribution < -0.4 is 0 Å². The first-order valence-electron chi connectivity index (χ1n) is 5.51. The minimum Gasteiger partial charge on any atom is -0.305 e. The van der Waals surface area contributed by atoms with Gasteiger partial charge in [-0.1, -0.05) is 38.9 Å². The Morgan fingerprint density at radius 1 is 1.29 bits per heavy atom. The number of unbranched alkanes of at least 4 members (excludes halogenated alkanes) is 2. The molecule has 14 heavy (non-hydrogen) atoms. The number of carbonyl (C=O) groups excluding carboxylic acids is 2. The molecule has 0 atom stereocenters. The summed E-state index contributed by atoms with van der Waals surface area (Å²) in [6.45, 7) is 6.44. The van der Waals surface area contributed by atoms with Gasteiger partial charge in [-0.05, 0) is 6.42 Å². The first-order chi connectivity index (χ1) is 6.54. The van der Waals surface area contributed by atoms with Gasteiger partial charge in [0.15, 0.2) is 0 Å². The van der Waals surface area contributed by atoms with E-state index in [1.165, 1.54) is 6.42 Å². The third-order valence-corrected chi connectivity index (χ3v) is 6.00. The van der Waals surface area contributed by atoms with E-state index < -0.39 is 8.07 Å². The predicted molar refractivity (Wildman–Crippen MR) is 62.1 cm³/mol. The molecule has 0 heterocycles. The average Bonchev–Trinajstić information content (AvgIpc) is 2.15. The number of hydrogen-bond acceptors (Lipinski definition) is 2. The van der Waals surface area contributed by atoms with Crippen LogP contribution in [0.3, 0.4) is 0 Å². The van der Waals surface area contributed by atoms with Gasteiger partial charge in [0, 0.05) is 12.8 Å². The van der Waals surface area contributed by atoms with Gasteiger partial charge in [0.2, 0.25) is 0 Å². The lowest BCUT2D eigenvalue weighted by Crippen LogP contribution is -2.37. The van der Waals surface area contributed by atoms with E-state index in [4.69, 9.17) is 0 Å². The Balaban J connectivity index is 3.87. The minimum atomic E-state index is -1.63. The zero-order valence-electron chi connectivity index (χ0n) is 9.64. The average molecular weight is 214 g/mol. The van der Waals surface area contributed by atoms with Crippen molar-refractivity contribution in [1.82, 2.24) is 0 Å². The second kappa shape index (κ2) is 6.93. The van der Waals surface area contributed by atoms with Crippen LogP contribution in [0.15, 0.2) is 0 Å². The van der Waals surface area contributed by atoms with Crippen LogP contribution in [0.25, 0.3) is 0 Å². The predicted octanol–water partition coefficient (Wildman–Crippen LogP) is 2.97. The highest BCUT2D eigenvalue weighted by Gasteiger charge is 2.28. The monoisotopic (exact) mass is 214 g/mol. The molecule has 0 bridgehead atoms. The lowest BCUT2D eigenvalue weighted by molar-refractivity contribution is -0.113. The highest BCUT2D eigenvalue weighted by Crippen LogP contribution is 2.17. The molecular formula is C11H22O2Si. The van der Waals surface area contributed by atoms with Crippen molar-refractivity contribution >= 4 is 19.8 Å². The van der Waals surface area contributed by atoms with Crippen molar-refractivity contribution in [3.8, 4) is 0 Å². The minimum absolute atomic E-state index is 0.438. The van der Waals surface area contributed by atoms with E-state index in [2.05, 4.69) is 20.0 Å². The maximum Gasteiger partial charge on any atom is 0.126 e. The van der Waals surface area contributed by atoms with Gasteiger partial charge in [0.25, 0.3) is 0 Å². The van der Waals surface area contributed by atoms with Gasteiger partial charge in [0.1, 0.15) is 19.8 Å². The van der Waals surface area contributed by atoms with Crippen molar-refractivity contribution < 1.29 is 9.59 Å². The molecule has 0 fully saturated rings. The summed E-state index contributed by atoms with van der Waals surface area (Å²) in [4.78, 5) is 21.9. The largest absolute Gasteiger partial charge is 0.305 e. The summed E-state index contributed by atoms with van der Waals surface area (Å²) in [5.74, 6) is 0. The van der Waals surface area contributed by atoms with Crippen LogP contribution in [0.5, 0.6) is 0 Å². The van der Waals surface area contributed by atoms with Crippen LogP contribution in [0, 0.1) is 0 Å². The van der Waals surface area contributed by atoms with Crippen molar-refractivity contribution in [2.24, 2.45) is 0 Å². The molecule has 0 aromatic heterocycles. The quantitative estimate of drug-likeness (QED) is 0.354. The Labute approximate surface area is 88.1 Å². The first kappa shape index (κ1) is 13.6. The molecule has 0 saturated heterocycles. The molecule has 0 radical (unpaired) electrons. The fourth-order valence-electron chi connectivity index (χ4n) is 1.44. The summed E-state index contributed by atoms with van der Waals surface area (Å²) in [6.07, 6.45) is 5.11. The van der Waals surface area contributed by atoms with Crippen molar-refractivity contribution in [1.29, 1.82) is 0 Å². The zero-order valence-corrected chi connectivity index (χ0v) is 10.6. The number of hydrogen-bond donors (Lipinski definition) is 0. The van der Waals surface area contributed by atoms with Crippen molar-refractivity contribution in [2.75, 3.05) is 0 Å². The molecule has 2 nitrogen and oxygen atoms in total. The second-order valence-corrected chi connectivity index (χ2v) is 9.29. The first-order valence-corrected chi connectivity index (χ1v) is 8.72. The molecular weight excluding hydrogens is 192 g/mol. The number of aldehydes is 1. The van der Waals surface area contributed by atoms with Crippen molar-refractivity contribution in [3.05, 3.63) is 0 Å². The summed E-state index contributed by atoms with van der Waals surface area (Å²) in [5, 5.41) is 0.438. The lowest BCUT2D eigenvalue weighted by atomic mass is 10.3. The maximum atomic E-state index is 11.8. The number of rotatable bonds is 8. The van der Waals surface area contributed by atoms with Crippen molar-refractivity contribution in [3.63, 3.8) is 0 Å². The Morgan fingerprint density at radius 3 is 2.43 bits per heavy atom. The summed E-state index contributed by atoms with van der Waals surface area (Å²) in [5.41, 5.74) is 0. The van der Waals surface area contributed by atoms with E-state index in [1.807, 2.05) is 0 Å². The van der Waals surface area contributed by atoms with Crippen LogP contribution in [-0.2, 0) is 9.59 Å². The molecule has 0 aromatic rings. The van der Waals surface area contributed by atoms with E-state index >= 15 is 0 Å². The summed E-state index contributed by atoms with van der Waals surface area (Å²) in [6, 6.07) is 1.10. The molecule has 3 heteroatoms. The fourth-order valence-corrected chi connectivity index (χ4v) is 3.81. The summed E-state index contributed by atoms with van der Waals surface area (Å²) in [7, 11) is -1.63. The van der Waals surface area contributed by atoms with Crippen LogP contribution in [0.2, 0.25) is 19.1 Å². The summed E-state index contributed by atoms with van der Waals surface area (Å²) >= 11 is 0. The summed E-state index contributed by atoms with van der Waals surface area (Å²) < 4.78 is 0. The second-order valence-electron chi connectivity index (χ2n) is 4.47. The van der Waals surface area contributed by atoms with Gasteiger partial charge in [-0.3, -0.25) is 0 Å². The van der Waals surface area contributed by atoms with Crippen molar-refractivity contribution in [2.45, 2.75) is 58.2 Å². The molecule has 0 aromatic carbocycles. The van der Waals surface area contributed by atoms with Gasteiger partial charge >= 0.3 is 0 Å². The molecule has 82 valence electrons. The highest BCUT2D eigenvalue weighted by molar-refractivity contribution is 7.04. The normalized spacial score (nSPS) is 11.4. The third-order valence-electron chi connectivity index (χ3n) is 2.64. The Bertz CT molecular complexity index is 188. The maximum absolute atomic E-state index is 11.8. The van der Waals surface area contributed by atoms with Gasteiger partial charge in [0.05, 0.1) is 0 Å². The van der Waals surface area contributed by atoms with Crippen LogP contribution in [0.1, 0.15) is 39.0 Å². The van der Waals surface area contributed by atoms with E-state index in [0.29, 0.717) is 18.2 Å². The van der Waals surface area contributed by atoms with Gasteiger partial charge < -0.3 is 9.59 Å². The van der Waals surface area contributed by atoms with Gasteiger partial charge in [-0.15, -0.1) is 0 Å². The number of carbonyl (C=O) groups is 2. The van der Waals surface area contributed by atoms with Gasteiger partial charge in [-0.2, -0.15) is 0 Å². The Kier molecular flexibility index (Phi) is 6.71. The smallest absolute Gasteiger partial charge is 0.126 e. The molecule has 0 aliphatic rings. The molecule has 0 spiro atoms. The molecule has 0 aliphatic carbocycles. The molecule has 0 saturated carbocycles. The molecule has 0 rings (SSSR count). The Morgan fingerprint density at radius 2 is 1.93 bits per heavy atom. The zero-order chi connectivity index (χ0) is 11.0. The third kappa shape index (κ3) is 5.32. The van der Waals surface area contributed by atoms with E-state index in [-0.39, 0.29) is 0 Å². The SMILES string of the molecule is CCCC[Si](C)(C)C(=O)CCCC=O. The molecule has 0 amide bonds. The molecule has 0 aliphatic heterocycles.